The molecule has 0 aliphatic rings. The molecular weight excluding hydrogens is 267 g/mol. The van der Waals surface area contributed by atoms with Crippen molar-refractivity contribution in [2.24, 2.45) is 5.73 Å². The van der Waals surface area contributed by atoms with Crippen LogP contribution in [-0.2, 0) is 6.42 Å². The minimum atomic E-state index is -0.0855. The van der Waals surface area contributed by atoms with Gasteiger partial charge in [0.05, 0.1) is 10.0 Å². The van der Waals surface area contributed by atoms with Crippen molar-refractivity contribution in [1.82, 2.24) is 4.90 Å². The second-order valence-corrected chi connectivity index (χ2v) is 5.55. The van der Waals surface area contributed by atoms with Crippen LogP contribution >= 0.6 is 23.2 Å². The molecule has 0 radical (unpaired) electrons. The highest BCUT2D eigenvalue weighted by molar-refractivity contribution is 6.42. The zero-order valence-electron chi connectivity index (χ0n) is 11.3. The van der Waals surface area contributed by atoms with Gasteiger partial charge < -0.3 is 5.73 Å². The minimum Gasteiger partial charge on any atom is -0.329 e. The molecule has 0 saturated heterocycles. The van der Waals surface area contributed by atoms with Crippen LogP contribution in [0.25, 0.3) is 0 Å². The Hall–Kier alpha value is -0.280. The van der Waals surface area contributed by atoms with Crippen LogP contribution < -0.4 is 5.73 Å². The molecule has 0 aliphatic carbocycles. The predicted octanol–water partition coefficient (Wildman–Crippen LogP) is 3.60. The van der Waals surface area contributed by atoms with E-state index in [9.17, 15) is 0 Å². The van der Waals surface area contributed by atoms with Crippen molar-refractivity contribution >= 4 is 23.2 Å². The SMILES string of the molecule is CCN(CC)C(C)(CN)Cc1cccc(Cl)c1Cl. The minimum absolute atomic E-state index is 0.0855. The van der Waals surface area contributed by atoms with Gasteiger partial charge in [-0.25, -0.2) is 0 Å². The Balaban J connectivity index is 3.01. The van der Waals surface area contributed by atoms with Gasteiger partial charge in [-0.2, -0.15) is 0 Å². The van der Waals surface area contributed by atoms with Crippen LogP contribution in [0.3, 0.4) is 0 Å². The van der Waals surface area contributed by atoms with Gasteiger partial charge in [-0.05, 0) is 38.1 Å². The molecule has 102 valence electrons. The lowest BCUT2D eigenvalue weighted by Crippen LogP contribution is -2.53. The van der Waals surface area contributed by atoms with Gasteiger partial charge in [0, 0.05) is 12.1 Å². The number of nitrogens with zero attached hydrogens (tertiary/aromatic N) is 1. The van der Waals surface area contributed by atoms with Crippen LogP contribution in [-0.4, -0.2) is 30.1 Å². The summed E-state index contributed by atoms with van der Waals surface area (Å²) in [6, 6.07) is 5.76. The van der Waals surface area contributed by atoms with E-state index >= 15 is 0 Å². The highest BCUT2D eigenvalue weighted by atomic mass is 35.5. The van der Waals surface area contributed by atoms with Crippen LogP contribution in [0, 0.1) is 0 Å². The highest BCUT2D eigenvalue weighted by Crippen LogP contribution is 2.29. The third kappa shape index (κ3) is 3.39. The van der Waals surface area contributed by atoms with Crippen molar-refractivity contribution < 1.29 is 0 Å². The second kappa shape index (κ2) is 6.76. The molecule has 1 rings (SSSR count). The Bertz CT molecular complexity index is 391. The van der Waals surface area contributed by atoms with E-state index < -0.39 is 0 Å². The summed E-state index contributed by atoms with van der Waals surface area (Å²) in [6.07, 6.45) is 0.810. The topological polar surface area (TPSA) is 29.3 Å². The summed E-state index contributed by atoms with van der Waals surface area (Å²) in [5, 5.41) is 1.25. The Morgan fingerprint density at radius 3 is 2.33 bits per heavy atom. The Kier molecular flexibility index (Phi) is 5.93. The van der Waals surface area contributed by atoms with E-state index in [0.717, 1.165) is 25.1 Å². The Morgan fingerprint density at radius 2 is 1.83 bits per heavy atom. The third-order valence-electron chi connectivity index (χ3n) is 3.57. The van der Waals surface area contributed by atoms with Gasteiger partial charge >= 0.3 is 0 Å². The lowest BCUT2D eigenvalue weighted by atomic mass is 9.90. The zero-order chi connectivity index (χ0) is 13.8. The van der Waals surface area contributed by atoms with Crippen molar-refractivity contribution in [3.63, 3.8) is 0 Å². The van der Waals surface area contributed by atoms with Crippen molar-refractivity contribution in [3.05, 3.63) is 33.8 Å². The fourth-order valence-electron chi connectivity index (χ4n) is 2.40. The first-order chi connectivity index (χ1) is 8.48. The van der Waals surface area contributed by atoms with E-state index in [-0.39, 0.29) is 5.54 Å². The Morgan fingerprint density at radius 1 is 1.22 bits per heavy atom. The summed E-state index contributed by atoms with van der Waals surface area (Å²) < 4.78 is 0. The van der Waals surface area contributed by atoms with Crippen LogP contribution in [0.15, 0.2) is 18.2 Å². The van der Waals surface area contributed by atoms with Crippen molar-refractivity contribution in [1.29, 1.82) is 0 Å². The summed E-state index contributed by atoms with van der Waals surface area (Å²) in [5.41, 5.74) is 6.95. The number of halogens is 2. The van der Waals surface area contributed by atoms with Crippen LogP contribution in [0.1, 0.15) is 26.3 Å². The molecular formula is C14H22Cl2N2. The van der Waals surface area contributed by atoms with Gasteiger partial charge in [0.25, 0.3) is 0 Å². The molecule has 1 unspecified atom stereocenters. The molecule has 0 amide bonds. The second-order valence-electron chi connectivity index (χ2n) is 4.76. The van der Waals surface area contributed by atoms with Crippen molar-refractivity contribution in [2.75, 3.05) is 19.6 Å². The fourth-order valence-corrected chi connectivity index (χ4v) is 2.78. The third-order valence-corrected chi connectivity index (χ3v) is 4.43. The molecule has 1 atom stereocenters. The number of likely N-dealkylation sites (N-methyl/N-ethyl adjacent to an activating group) is 1. The molecule has 0 aliphatic heterocycles. The van der Waals surface area contributed by atoms with Gasteiger partial charge in [-0.3, -0.25) is 4.90 Å². The first kappa shape index (κ1) is 15.8. The molecule has 1 aromatic rings. The monoisotopic (exact) mass is 288 g/mol. The summed E-state index contributed by atoms with van der Waals surface area (Å²) in [7, 11) is 0. The molecule has 4 heteroatoms. The molecule has 0 saturated carbocycles. The van der Waals surface area contributed by atoms with Crippen LogP contribution in [0.5, 0.6) is 0 Å². The number of hydrogen-bond donors (Lipinski definition) is 1. The van der Waals surface area contributed by atoms with Crippen LogP contribution in [0.2, 0.25) is 10.0 Å². The highest BCUT2D eigenvalue weighted by Gasteiger charge is 2.29. The van der Waals surface area contributed by atoms with Gasteiger partial charge in [0.1, 0.15) is 0 Å². The van der Waals surface area contributed by atoms with Crippen molar-refractivity contribution in [2.45, 2.75) is 32.7 Å². The van der Waals surface area contributed by atoms with E-state index in [4.69, 9.17) is 28.9 Å². The quantitative estimate of drug-likeness (QED) is 0.867. The smallest absolute Gasteiger partial charge is 0.0624 e. The summed E-state index contributed by atoms with van der Waals surface area (Å²) in [4.78, 5) is 2.37. The maximum absolute atomic E-state index is 6.26. The van der Waals surface area contributed by atoms with E-state index in [1.807, 2.05) is 18.2 Å². The van der Waals surface area contributed by atoms with E-state index in [2.05, 4.69) is 25.7 Å². The van der Waals surface area contributed by atoms with Gasteiger partial charge in [0.15, 0.2) is 0 Å². The number of benzene rings is 1. The maximum atomic E-state index is 6.26. The molecule has 0 bridgehead atoms. The summed E-state index contributed by atoms with van der Waals surface area (Å²) >= 11 is 12.3. The van der Waals surface area contributed by atoms with Crippen molar-refractivity contribution in [3.8, 4) is 0 Å². The molecule has 0 spiro atoms. The maximum Gasteiger partial charge on any atom is 0.0624 e. The Labute approximate surface area is 120 Å². The molecule has 2 nitrogen and oxygen atoms in total. The van der Waals surface area contributed by atoms with Crippen LogP contribution in [0.4, 0.5) is 0 Å². The average molecular weight is 289 g/mol. The molecule has 1 aromatic carbocycles. The first-order valence-electron chi connectivity index (χ1n) is 6.36. The van der Waals surface area contributed by atoms with Gasteiger partial charge in [0.2, 0.25) is 0 Å². The number of rotatable bonds is 6. The van der Waals surface area contributed by atoms with Gasteiger partial charge in [-0.15, -0.1) is 0 Å². The number of hydrogen-bond acceptors (Lipinski definition) is 2. The van der Waals surface area contributed by atoms with E-state index in [0.29, 0.717) is 16.6 Å². The number of nitrogens with two attached hydrogens (primary N) is 1. The summed E-state index contributed by atoms with van der Waals surface area (Å²) in [5.74, 6) is 0. The average Bonchev–Trinajstić information content (AvgIpc) is 2.36. The van der Waals surface area contributed by atoms with E-state index in [1.54, 1.807) is 0 Å². The largest absolute Gasteiger partial charge is 0.329 e. The zero-order valence-corrected chi connectivity index (χ0v) is 12.9. The predicted molar refractivity (Wildman–Crippen MR) is 80.5 cm³/mol. The van der Waals surface area contributed by atoms with E-state index in [1.165, 1.54) is 0 Å². The fraction of sp³-hybridized carbons (Fsp3) is 0.571. The molecule has 18 heavy (non-hydrogen) atoms. The van der Waals surface area contributed by atoms with Gasteiger partial charge in [-0.1, -0.05) is 49.2 Å². The molecule has 0 heterocycles. The standard InChI is InChI=1S/C14H22Cl2N2/c1-4-18(5-2)14(3,10-17)9-11-7-6-8-12(15)13(11)16/h6-8H,4-5,9-10,17H2,1-3H3. The molecule has 2 N–H and O–H groups in total. The lowest BCUT2D eigenvalue weighted by Gasteiger charge is -2.40. The molecule has 0 aromatic heterocycles. The first-order valence-corrected chi connectivity index (χ1v) is 7.12. The summed E-state index contributed by atoms with van der Waals surface area (Å²) in [6.45, 7) is 9.02. The lowest BCUT2D eigenvalue weighted by molar-refractivity contribution is 0.124. The normalized spacial score (nSPS) is 14.8. The molecule has 0 fully saturated rings.